The van der Waals surface area contributed by atoms with Crippen molar-refractivity contribution in [2.75, 3.05) is 13.2 Å². The van der Waals surface area contributed by atoms with E-state index < -0.39 is 0 Å². The van der Waals surface area contributed by atoms with Gasteiger partial charge in [0.25, 0.3) is 0 Å². The molecule has 3 heteroatoms. The first-order valence-corrected chi connectivity index (χ1v) is 5.59. The van der Waals surface area contributed by atoms with Gasteiger partial charge in [0, 0.05) is 12.3 Å². The molecule has 1 atom stereocenters. The van der Waals surface area contributed by atoms with Crippen LogP contribution < -0.4 is 0 Å². The number of rotatable bonds is 6. The van der Waals surface area contributed by atoms with Gasteiger partial charge in [0.1, 0.15) is 6.61 Å². The van der Waals surface area contributed by atoms with Gasteiger partial charge in [0.05, 0.1) is 6.61 Å². The van der Waals surface area contributed by atoms with Gasteiger partial charge in [-0.05, 0) is 12.0 Å². The Morgan fingerprint density at radius 2 is 2.06 bits per heavy atom. The van der Waals surface area contributed by atoms with Gasteiger partial charge >= 0.3 is 5.97 Å². The molecule has 1 N–H and O–H groups in total. The minimum absolute atomic E-state index is 0.0105. The van der Waals surface area contributed by atoms with Crippen LogP contribution in [0.1, 0.15) is 31.2 Å². The summed E-state index contributed by atoms with van der Waals surface area (Å²) in [6.07, 6.45) is 1.22. The Morgan fingerprint density at radius 1 is 1.38 bits per heavy atom. The average Bonchev–Trinajstić information content (AvgIpc) is 2.31. The van der Waals surface area contributed by atoms with Crippen LogP contribution in [-0.4, -0.2) is 24.3 Å². The fourth-order valence-electron chi connectivity index (χ4n) is 1.45. The predicted octanol–water partition coefficient (Wildman–Crippen LogP) is 2.11. The second-order valence-electron chi connectivity index (χ2n) is 3.72. The zero-order chi connectivity index (χ0) is 11.8. The fraction of sp³-hybridized carbons (Fsp3) is 0.462. The van der Waals surface area contributed by atoms with Gasteiger partial charge in [0.15, 0.2) is 0 Å². The van der Waals surface area contributed by atoms with E-state index in [2.05, 4.69) is 0 Å². The predicted molar refractivity (Wildman–Crippen MR) is 62.1 cm³/mol. The molecule has 0 fully saturated rings. The van der Waals surface area contributed by atoms with Crippen molar-refractivity contribution in [2.45, 2.75) is 25.7 Å². The standard InChI is InChI=1S/C13H18O3/c1-2-6-13(15)16-10-12(9-14)11-7-4-3-5-8-11/h3-5,7-8,12,14H,2,6,9-10H2,1H3/t12-/m1/s1. The molecule has 0 spiro atoms. The Hall–Kier alpha value is -1.35. The van der Waals surface area contributed by atoms with Crippen LogP contribution in [0, 0.1) is 0 Å². The van der Waals surface area contributed by atoms with Crippen molar-refractivity contribution in [1.82, 2.24) is 0 Å². The number of benzene rings is 1. The summed E-state index contributed by atoms with van der Waals surface area (Å²) in [5, 5.41) is 9.23. The van der Waals surface area contributed by atoms with Crippen LogP contribution in [0.4, 0.5) is 0 Å². The highest BCUT2D eigenvalue weighted by molar-refractivity contribution is 5.69. The molecule has 1 rings (SSSR count). The minimum atomic E-state index is -0.197. The van der Waals surface area contributed by atoms with E-state index in [1.54, 1.807) is 0 Å². The van der Waals surface area contributed by atoms with E-state index in [0.29, 0.717) is 6.42 Å². The van der Waals surface area contributed by atoms with Crippen molar-refractivity contribution in [2.24, 2.45) is 0 Å². The number of esters is 1. The Balaban J connectivity index is 2.47. The Kier molecular flexibility index (Phi) is 5.57. The maximum Gasteiger partial charge on any atom is 0.305 e. The van der Waals surface area contributed by atoms with Crippen molar-refractivity contribution in [1.29, 1.82) is 0 Å². The summed E-state index contributed by atoms with van der Waals surface area (Å²) in [5.74, 6) is -0.320. The van der Waals surface area contributed by atoms with Gasteiger partial charge in [-0.1, -0.05) is 37.3 Å². The lowest BCUT2D eigenvalue weighted by atomic mass is 10.0. The van der Waals surface area contributed by atoms with Crippen LogP contribution in [0.2, 0.25) is 0 Å². The van der Waals surface area contributed by atoms with Gasteiger partial charge in [-0.2, -0.15) is 0 Å². The quantitative estimate of drug-likeness (QED) is 0.750. The molecule has 0 aliphatic rings. The lowest BCUT2D eigenvalue weighted by molar-refractivity contribution is -0.144. The molecular weight excluding hydrogens is 204 g/mol. The van der Waals surface area contributed by atoms with Crippen molar-refractivity contribution in [3.63, 3.8) is 0 Å². The monoisotopic (exact) mass is 222 g/mol. The molecule has 0 unspecified atom stereocenters. The molecule has 0 aromatic heterocycles. The van der Waals surface area contributed by atoms with Crippen LogP contribution >= 0.6 is 0 Å². The van der Waals surface area contributed by atoms with E-state index in [9.17, 15) is 9.90 Å². The summed E-state index contributed by atoms with van der Waals surface area (Å²) in [6, 6.07) is 9.59. The van der Waals surface area contributed by atoms with Crippen LogP contribution in [0.5, 0.6) is 0 Å². The normalized spacial score (nSPS) is 12.1. The summed E-state index contributed by atoms with van der Waals surface area (Å²) in [5.41, 5.74) is 0.995. The van der Waals surface area contributed by atoms with E-state index in [-0.39, 0.29) is 25.1 Å². The van der Waals surface area contributed by atoms with E-state index in [4.69, 9.17) is 4.74 Å². The average molecular weight is 222 g/mol. The molecule has 0 saturated carbocycles. The van der Waals surface area contributed by atoms with Crippen LogP contribution in [0.15, 0.2) is 30.3 Å². The number of aliphatic hydroxyl groups is 1. The second kappa shape index (κ2) is 7.01. The number of carbonyl (C=O) groups excluding carboxylic acids is 1. The molecule has 1 aromatic carbocycles. The summed E-state index contributed by atoms with van der Waals surface area (Å²) in [4.78, 5) is 11.2. The first-order chi connectivity index (χ1) is 7.77. The third-order valence-electron chi connectivity index (χ3n) is 2.39. The van der Waals surface area contributed by atoms with Gasteiger partial charge in [-0.3, -0.25) is 4.79 Å². The number of aliphatic hydroxyl groups excluding tert-OH is 1. The minimum Gasteiger partial charge on any atom is -0.465 e. The second-order valence-corrected chi connectivity index (χ2v) is 3.72. The van der Waals surface area contributed by atoms with Gasteiger partial charge in [-0.25, -0.2) is 0 Å². The third-order valence-corrected chi connectivity index (χ3v) is 2.39. The number of carbonyl (C=O) groups is 1. The van der Waals surface area contributed by atoms with Gasteiger partial charge < -0.3 is 9.84 Å². The summed E-state index contributed by atoms with van der Waals surface area (Å²) in [6.45, 7) is 2.17. The molecule has 3 nitrogen and oxygen atoms in total. The lowest BCUT2D eigenvalue weighted by Gasteiger charge is -2.14. The zero-order valence-corrected chi connectivity index (χ0v) is 9.56. The van der Waals surface area contributed by atoms with Crippen molar-refractivity contribution < 1.29 is 14.6 Å². The van der Waals surface area contributed by atoms with Crippen LogP contribution in [0.25, 0.3) is 0 Å². The third kappa shape index (κ3) is 4.03. The largest absolute Gasteiger partial charge is 0.465 e. The first kappa shape index (κ1) is 12.7. The van der Waals surface area contributed by atoms with Gasteiger partial charge in [-0.15, -0.1) is 0 Å². The molecule has 0 aliphatic heterocycles. The molecule has 0 aliphatic carbocycles. The highest BCUT2D eigenvalue weighted by atomic mass is 16.5. The van der Waals surface area contributed by atoms with Gasteiger partial charge in [0.2, 0.25) is 0 Å². The highest BCUT2D eigenvalue weighted by Crippen LogP contribution is 2.15. The van der Waals surface area contributed by atoms with E-state index in [1.807, 2.05) is 37.3 Å². The smallest absolute Gasteiger partial charge is 0.305 e. The molecule has 16 heavy (non-hydrogen) atoms. The molecule has 0 saturated heterocycles. The molecule has 1 aromatic rings. The summed E-state index contributed by atoms with van der Waals surface area (Å²) >= 11 is 0. The number of hydrogen-bond donors (Lipinski definition) is 1. The SMILES string of the molecule is CCCC(=O)OC[C@@H](CO)c1ccccc1. The summed E-state index contributed by atoms with van der Waals surface area (Å²) in [7, 11) is 0. The Morgan fingerprint density at radius 3 is 2.62 bits per heavy atom. The summed E-state index contributed by atoms with van der Waals surface area (Å²) < 4.78 is 5.09. The molecule has 0 bridgehead atoms. The van der Waals surface area contributed by atoms with Crippen LogP contribution in [0.3, 0.4) is 0 Å². The van der Waals surface area contributed by atoms with E-state index in [1.165, 1.54) is 0 Å². The first-order valence-electron chi connectivity index (χ1n) is 5.59. The Bertz CT molecular complexity index is 308. The Labute approximate surface area is 96.1 Å². The topological polar surface area (TPSA) is 46.5 Å². The molecule has 0 heterocycles. The number of ether oxygens (including phenoxy) is 1. The van der Waals surface area contributed by atoms with Crippen molar-refractivity contribution in [3.05, 3.63) is 35.9 Å². The zero-order valence-electron chi connectivity index (χ0n) is 9.56. The molecular formula is C13H18O3. The van der Waals surface area contributed by atoms with Crippen molar-refractivity contribution in [3.8, 4) is 0 Å². The van der Waals surface area contributed by atoms with Crippen LogP contribution in [-0.2, 0) is 9.53 Å². The molecule has 88 valence electrons. The molecule has 0 radical (unpaired) electrons. The van der Waals surface area contributed by atoms with E-state index in [0.717, 1.165) is 12.0 Å². The highest BCUT2D eigenvalue weighted by Gasteiger charge is 2.12. The van der Waals surface area contributed by atoms with E-state index >= 15 is 0 Å². The maximum absolute atomic E-state index is 11.2. The maximum atomic E-state index is 11.2. The molecule has 0 amide bonds. The lowest BCUT2D eigenvalue weighted by Crippen LogP contribution is -2.15. The van der Waals surface area contributed by atoms with Crippen molar-refractivity contribution >= 4 is 5.97 Å². The number of hydrogen-bond acceptors (Lipinski definition) is 3. The fourth-order valence-corrected chi connectivity index (χ4v) is 1.45.